The lowest BCUT2D eigenvalue weighted by Crippen LogP contribution is -2.41. The molecule has 2 rings (SSSR count). The first-order valence-electron chi connectivity index (χ1n) is 10.7. The van der Waals surface area contributed by atoms with Crippen molar-refractivity contribution in [2.75, 3.05) is 19.3 Å². The number of amides is 3. The number of urea groups is 1. The minimum absolute atomic E-state index is 0.0375. The van der Waals surface area contributed by atoms with E-state index in [1.165, 1.54) is 11.9 Å². The maximum atomic E-state index is 12.5. The van der Waals surface area contributed by atoms with Crippen LogP contribution in [0.25, 0.3) is 0 Å². The molecule has 1 fully saturated rings. The number of imide groups is 1. The summed E-state index contributed by atoms with van der Waals surface area (Å²) in [7, 11) is -2.28. The van der Waals surface area contributed by atoms with Gasteiger partial charge in [0.1, 0.15) is 5.54 Å². The maximum Gasteiger partial charge on any atom is 0.327 e. The van der Waals surface area contributed by atoms with Crippen molar-refractivity contribution in [3.05, 3.63) is 35.9 Å². The van der Waals surface area contributed by atoms with Crippen molar-refractivity contribution in [1.29, 1.82) is 0 Å². The minimum Gasteiger partial charge on any atom is -0.481 e. The van der Waals surface area contributed by atoms with Crippen LogP contribution in [-0.2, 0) is 26.0 Å². The maximum absolute atomic E-state index is 12.5. The molecule has 0 radical (unpaired) electrons. The van der Waals surface area contributed by atoms with E-state index in [9.17, 15) is 27.9 Å². The van der Waals surface area contributed by atoms with Gasteiger partial charge in [-0.2, -0.15) is 0 Å². The van der Waals surface area contributed by atoms with Gasteiger partial charge in [-0.15, -0.1) is 0 Å². The number of nitrogens with zero attached hydrogens (tertiary/aromatic N) is 2. The number of aliphatic carboxylic acids is 1. The number of aryl methyl sites for hydroxylation is 1. The zero-order valence-electron chi connectivity index (χ0n) is 19.1. The van der Waals surface area contributed by atoms with Gasteiger partial charge in [0, 0.05) is 19.6 Å². The number of carboxylic acid groups (broad SMARTS) is 1. The minimum atomic E-state index is -3.81. The van der Waals surface area contributed by atoms with Gasteiger partial charge in [-0.3, -0.25) is 14.5 Å². The van der Waals surface area contributed by atoms with Crippen molar-refractivity contribution in [2.24, 2.45) is 5.92 Å². The van der Waals surface area contributed by atoms with E-state index in [4.69, 9.17) is 0 Å². The SMILES string of the molecule is CC(CCc1ccccc1)NS(=O)(=O)CC(CCCN1C(=O)N(C)C(C)(C)C1=O)C(=O)O. The molecule has 0 saturated carbocycles. The van der Waals surface area contributed by atoms with Gasteiger partial charge in [0.2, 0.25) is 10.0 Å². The quantitative estimate of drug-likeness (QED) is 0.454. The van der Waals surface area contributed by atoms with Crippen LogP contribution in [0.3, 0.4) is 0 Å². The molecule has 1 heterocycles. The van der Waals surface area contributed by atoms with E-state index < -0.39 is 39.2 Å². The van der Waals surface area contributed by atoms with Gasteiger partial charge in [0.05, 0.1) is 11.7 Å². The molecule has 1 aliphatic heterocycles. The van der Waals surface area contributed by atoms with Crippen LogP contribution in [0, 0.1) is 5.92 Å². The van der Waals surface area contributed by atoms with Crippen LogP contribution in [0.5, 0.6) is 0 Å². The fourth-order valence-electron chi connectivity index (χ4n) is 3.66. The van der Waals surface area contributed by atoms with Gasteiger partial charge >= 0.3 is 12.0 Å². The third kappa shape index (κ3) is 6.52. The van der Waals surface area contributed by atoms with E-state index >= 15 is 0 Å². The smallest absolute Gasteiger partial charge is 0.327 e. The summed E-state index contributed by atoms with van der Waals surface area (Å²) in [5.74, 6) is -3.25. The number of carbonyl (C=O) groups is 3. The highest BCUT2D eigenvalue weighted by atomic mass is 32.2. The Labute approximate surface area is 189 Å². The van der Waals surface area contributed by atoms with Crippen molar-refractivity contribution in [2.45, 2.75) is 58.0 Å². The van der Waals surface area contributed by atoms with Crippen LogP contribution < -0.4 is 4.72 Å². The van der Waals surface area contributed by atoms with Gasteiger partial charge < -0.3 is 10.0 Å². The predicted molar refractivity (Wildman–Crippen MR) is 120 cm³/mol. The summed E-state index contributed by atoms with van der Waals surface area (Å²) >= 11 is 0. The Kier molecular flexibility index (Phi) is 8.41. The number of carbonyl (C=O) groups excluding carboxylic acids is 2. The molecule has 1 saturated heterocycles. The van der Waals surface area contributed by atoms with Crippen LogP contribution >= 0.6 is 0 Å². The first kappa shape index (κ1) is 25.8. The zero-order valence-corrected chi connectivity index (χ0v) is 19.9. The summed E-state index contributed by atoms with van der Waals surface area (Å²) in [6.45, 7) is 5.09. The van der Waals surface area contributed by atoms with Gasteiger partial charge in [-0.1, -0.05) is 30.3 Å². The van der Waals surface area contributed by atoms with Crippen LogP contribution in [0.2, 0.25) is 0 Å². The second-order valence-corrected chi connectivity index (χ2v) is 10.7. The summed E-state index contributed by atoms with van der Waals surface area (Å²) in [5.41, 5.74) is 0.147. The monoisotopic (exact) mass is 467 g/mol. The molecule has 2 atom stereocenters. The predicted octanol–water partition coefficient (Wildman–Crippen LogP) is 2.08. The lowest BCUT2D eigenvalue weighted by Gasteiger charge is -2.22. The third-order valence-electron chi connectivity index (χ3n) is 5.92. The van der Waals surface area contributed by atoms with Crippen molar-refractivity contribution in [3.63, 3.8) is 0 Å². The Hall–Kier alpha value is -2.46. The van der Waals surface area contributed by atoms with Crippen molar-refractivity contribution in [1.82, 2.24) is 14.5 Å². The summed E-state index contributed by atoms with van der Waals surface area (Å²) in [6, 6.07) is 8.91. The molecule has 0 bridgehead atoms. The van der Waals surface area contributed by atoms with Gasteiger partial charge in [0.15, 0.2) is 0 Å². The zero-order chi connectivity index (χ0) is 24.1. The highest BCUT2D eigenvalue weighted by Crippen LogP contribution is 2.26. The second kappa shape index (κ2) is 10.4. The number of likely N-dealkylation sites (N-methyl/N-ethyl adjacent to an activating group) is 1. The molecule has 10 heteroatoms. The fourth-order valence-corrected chi connectivity index (χ4v) is 5.32. The molecule has 2 N–H and O–H groups in total. The Morgan fingerprint density at radius 1 is 1.16 bits per heavy atom. The van der Waals surface area contributed by atoms with Gasteiger partial charge in [-0.05, 0) is 52.0 Å². The second-order valence-electron chi connectivity index (χ2n) is 8.86. The lowest BCUT2D eigenvalue weighted by molar-refractivity contribution is -0.141. The average molecular weight is 468 g/mol. The summed E-state index contributed by atoms with van der Waals surface area (Å²) in [6.07, 6.45) is 1.53. The molecular weight excluding hydrogens is 434 g/mol. The summed E-state index contributed by atoms with van der Waals surface area (Å²) in [4.78, 5) is 38.8. The van der Waals surface area contributed by atoms with E-state index in [0.717, 1.165) is 10.5 Å². The van der Waals surface area contributed by atoms with Gasteiger partial charge in [-0.25, -0.2) is 17.9 Å². The number of rotatable bonds is 12. The number of carboxylic acids is 1. The Morgan fingerprint density at radius 2 is 1.78 bits per heavy atom. The molecule has 0 aromatic heterocycles. The van der Waals surface area contributed by atoms with E-state index in [-0.39, 0.29) is 31.3 Å². The first-order chi connectivity index (χ1) is 14.8. The largest absolute Gasteiger partial charge is 0.481 e. The molecular formula is C22H33N3O6S. The first-order valence-corrected chi connectivity index (χ1v) is 12.4. The van der Waals surface area contributed by atoms with E-state index in [0.29, 0.717) is 12.8 Å². The van der Waals surface area contributed by atoms with Crippen LogP contribution in [0.1, 0.15) is 45.6 Å². The number of nitrogens with one attached hydrogen (secondary N) is 1. The number of hydrogen-bond donors (Lipinski definition) is 2. The lowest BCUT2D eigenvalue weighted by atomic mass is 10.0. The molecule has 3 amide bonds. The molecule has 9 nitrogen and oxygen atoms in total. The molecule has 2 unspecified atom stereocenters. The standard InChI is InChI=1S/C22H33N3O6S/c1-16(12-13-17-9-6-5-7-10-17)23-32(30,31)15-18(19(26)27)11-8-14-25-20(28)22(2,3)24(4)21(25)29/h5-7,9-10,16,18,23H,8,11-15H2,1-4H3,(H,26,27). The topological polar surface area (TPSA) is 124 Å². The Bertz CT molecular complexity index is 932. The molecule has 1 aromatic carbocycles. The summed E-state index contributed by atoms with van der Waals surface area (Å²) in [5, 5.41) is 9.50. The van der Waals surface area contributed by atoms with E-state index in [1.807, 2.05) is 30.3 Å². The molecule has 178 valence electrons. The molecule has 0 aliphatic carbocycles. The van der Waals surface area contributed by atoms with Crippen LogP contribution in [0.15, 0.2) is 30.3 Å². The highest BCUT2D eigenvalue weighted by molar-refractivity contribution is 7.89. The molecule has 1 aliphatic rings. The van der Waals surface area contributed by atoms with Crippen molar-refractivity contribution < 1.29 is 27.9 Å². The van der Waals surface area contributed by atoms with Crippen molar-refractivity contribution in [3.8, 4) is 0 Å². The van der Waals surface area contributed by atoms with Crippen LogP contribution in [-0.4, -0.2) is 72.2 Å². The van der Waals surface area contributed by atoms with E-state index in [2.05, 4.69) is 4.72 Å². The average Bonchev–Trinajstić information content (AvgIpc) is 2.86. The van der Waals surface area contributed by atoms with E-state index in [1.54, 1.807) is 20.8 Å². The normalized spacial score (nSPS) is 18.1. The molecule has 0 spiro atoms. The molecule has 1 aromatic rings. The summed E-state index contributed by atoms with van der Waals surface area (Å²) < 4.78 is 27.6. The van der Waals surface area contributed by atoms with Crippen LogP contribution in [0.4, 0.5) is 4.79 Å². The third-order valence-corrected chi connectivity index (χ3v) is 7.52. The Balaban J connectivity index is 1.87. The Morgan fingerprint density at radius 3 is 2.31 bits per heavy atom. The fraction of sp³-hybridized carbons (Fsp3) is 0.591. The highest BCUT2D eigenvalue weighted by Gasteiger charge is 2.48. The van der Waals surface area contributed by atoms with Crippen molar-refractivity contribution >= 4 is 27.9 Å². The van der Waals surface area contributed by atoms with Gasteiger partial charge in [0.25, 0.3) is 5.91 Å². The molecule has 32 heavy (non-hydrogen) atoms. The number of benzene rings is 1. The number of hydrogen-bond acceptors (Lipinski definition) is 5. The number of sulfonamides is 1.